The second-order valence-corrected chi connectivity index (χ2v) is 4.32. The molecule has 1 aliphatic rings. The van der Waals surface area contributed by atoms with Crippen LogP contribution in [0.3, 0.4) is 0 Å². The van der Waals surface area contributed by atoms with Crippen molar-refractivity contribution in [3.8, 4) is 0 Å². The first-order chi connectivity index (χ1) is 8.19. The molecule has 17 heavy (non-hydrogen) atoms. The lowest BCUT2D eigenvalue weighted by Gasteiger charge is -2.24. The van der Waals surface area contributed by atoms with Gasteiger partial charge in [-0.1, -0.05) is 0 Å². The molecule has 0 N–H and O–H groups in total. The maximum absolute atomic E-state index is 11.6. The molecule has 5 heteroatoms. The number of carbonyl (C=O) groups is 1. The molecule has 1 saturated heterocycles. The van der Waals surface area contributed by atoms with Gasteiger partial charge in [0, 0.05) is 32.7 Å². The third kappa shape index (κ3) is 4.61. The van der Waals surface area contributed by atoms with E-state index in [4.69, 9.17) is 9.57 Å². The van der Waals surface area contributed by atoms with E-state index < -0.39 is 0 Å². The van der Waals surface area contributed by atoms with E-state index in [1.165, 1.54) is 25.0 Å². The Morgan fingerprint density at radius 3 is 2.94 bits per heavy atom. The molecule has 5 nitrogen and oxygen atoms in total. The number of nitrogens with zero attached hydrogens (tertiary/aromatic N) is 2. The van der Waals surface area contributed by atoms with Crippen LogP contribution in [0.25, 0.3) is 0 Å². The second kappa shape index (κ2) is 7.63. The van der Waals surface area contributed by atoms with Crippen LogP contribution in [0.1, 0.15) is 26.2 Å². The van der Waals surface area contributed by atoms with Crippen molar-refractivity contribution in [1.29, 1.82) is 0 Å². The van der Waals surface area contributed by atoms with Gasteiger partial charge in [0.2, 0.25) is 5.91 Å². The van der Waals surface area contributed by atoms with E-state index in [0.29, 0.717) is 12.5 Å². The van der Waals surface area contributed by atoms with Crippen LogP contribution in [0.2, 0.25) is 0 Å². The summed E-state index contributed by atoms with van der Waals surface area (Å²) in [6.07, 6.45) is 2.88. The highest BCUT2D eigenvalue weighted by Crippen LogP contribution is 2.17. The van der Waals surface area contributed by atoms with Crippen molar-refractivity contribution in [2.75, 3.05) is 40.5 Å². The van der Waals surface area contributed by atoms with Crippen LogP contribution in [-0.4, -0.2) is 62.4 Å². The van der Waals surface area contributed by atoms with Crippen molar-refractivity contribution < 1.29 is 14.4 Å². The predicted molar refractivity (Wildman–Crippen MR) is 65.5 cm³/mol. The van der Waals surface area contributed by atoms with Gasteiger partial charge in [-0.25, -0.2) is 5.06 Å². The lowest BCUT2D eigenvalue weighted by Crippen LogP contribution is -2.36. The van der Waals surface area contributed by atoms with E-state index in [9.17, 15) is 4.79 Å². The normalized spacial score (nSPS) is 20.8. The monoisotopic (exact) mass is 244 g/mol. The van der Waals surface area contributed by atoms with Gasteiger partial charge < -0.3 is 4.74 Å². The number of carbonyl (C=O) groups excluding carboxylic acids is 1. The molecule has 0 aromatic heterocycles. The zero-order valence-electron chi connectivity index (χ0n) is 11.1. The molecule has 1 heterocycles. The summed E-state index contributed by atoms with van der Waals surface area (Å²) in [5.74, 6) is 0.0227. The molecule has 1 fully saturated rings. The smallest absolute Gasteiger partial charge is 0.247 e. The first-order valence-corrected chi connectivity index (χ1v) is 6.31. The van der Waals surface area contributed by atoms with Gasteiger partial charge >= 0.3 is 0 Å². The zero-order valence-corrected chi connectivity index (χ0v) is 11.1. The standard InChI is InChI=1S/C12H24N2O3/c1-4-17-10-11-6-5-8-14(11)9-7-12(15)13(2)16-3/h11H,4-10H2,1-3H3/t11-/m1/s1. The molecular weight excluding hydrogens is 220 g/mol. The molecule has 1 aliphatic heterocycles. The van der Waals surface area contributed by atoms with Gasteiger partial charge in [-0.15, -0.1) is 0 Å². The molecular formula is C12H24N2O3. The molecule has 0 aromatic carbocycles. The first kappa shape index (κ1) is 14.4. The third-order valence-corrected chi connectivity index (χ3v) is 3.25. The molecule has 0 bridgehead atoms. The molecule has 0 saturated carbocycles. The van der Waals surface area contributed by atoms with E-state index in [1.54, 1.807) is 7.05 Å². The Bertz CT molecular complexity index is 236. The van der Waals surface area contributed by atoms with Crippen molar-refractivity contribution in [1.82, 2.24) is 9.96 Å². The summed E-state index contributed by atoms with van der Waals surface area (Å²) in [6.45, 7) is 5.42. The molecule has 1 rings (SSSR count). The summed E-state index contributed by atoms with van der Waals surface area (Å²) in [5.41, 5.74) is 0. The molecule has 1 amide bonds. The fourth-order valence-electron chi connectivity index (χ4n) is 2.13. The molecule has 0 aromatic rings. The number of ether oxygens (including phenoxy) is 1. The number of hydrogen-bond acceptors (Lipinski definition) is 4. The van der Waals surface area contributed by atoms with Crippen LogP contribution in [0.4, 0.5) is 0 Å². The number of amides is 1. The Hall–Kier alpha value is -0.650. The minimum Gasteiger partial charge on any atom is -0.380 e. The van der Waals surface area contributed by atoms with Crippen LogP contribution >= 0.6 is 0 Å². The van der Waals surface area contributed by atoms with Crippen LogP contribution in [-0.2, 0) is 14.4 Å². The molecule has 100 valence electrons. The third-order valence-electron chi connectivity index (χ3n) is 3.25. The topological polar surface area (TPSA) is 42.0 Å². The van der Waals surface area contributed by atoms with Crippen molar-refractivity contribution in [3.05, 3.63) is 0 Å². The van der Waals surface area contributed by atoms with Gasteiger partial charge in [-0.3, -0.25) is 14.5 Å². The molecule has 0 unspecified atom stereocenters. The minimum atomic E-state index is 0.0227. The Kier molecular flexibility index (Phi) is 6.47. The highest BCUT2D eigenvalue weighted by molar-refractivity contribution is 5.74. The van der Waals surface area contributed by atoms with Crippen molar-refractivity contribution in [2.45, 2.75) is 32.2 Å². The van der Waals surface area contributed by atoms with E-state index >= 15 is 0 Å². The first-order valence-electron chi connectivity index (χ1n) is 6.31. The van der Waals surface area contributed by atoms with E-state index in [1.807, 2.05) is 6.92 Å². The molecule has 1 atom stereocenters. The summed E-state index contributed by atoms with van der Waals surface area (Å²) in [4.78, 5) is 18.8. The Balaban J connectivity index is 2.27. The van der Waals surface area contributed by atoms with Gasteiger partial charge in [0.1, 0.15) is 0 Å². The molecule has 0 aliphatic carbocycles. The number of hydrogen-bond donors (Lipinski definition) is 0. The van der Waals surface area contributed by atoms with Gasteiger partial charge in [0.15, 0.2) is 0 Å². The van der Waals surface area contributed by atoms with Crippen molar-refractivity contribution >= 4 is 5.91 Å². The highest BCUT2D eigenvalue weighted by Gasteiger charge is 2.25. The molecule has 0 spiro atoms. The van der Waals surface area contributed by atoms with Crippen LogP contribution in [0.15, 0.2) is 0 Å². The summed E-state index contributed by atoms with van der Waals surface area (Å²) in [5, 5.41) is 1.29. The van der Waals surface area contributed by atoms with Gasteiger partial charge in [-0.05, 0) is 26.3 Å². The van der Waals surface area contributed by atoms with E-state index in [-0.39, 0.29) is 5.91 Å². The number of hydroxylamine groups is 2. The lowest BCUT2D eigenvalue weighted by molar-refractivity contribution is -0.169. The second-order valence-electron chi connectivity index (χ2n) is 4.32. The average Bonchev–Trinajstić information content (AvgIpc) is 2.79. The summed E-state index contributed by atoms with van der Waals surface area (Å²) < 4.78 is 5.46. The van der Waals surface area contributed by atoms with E-state index in [2.05, 4.69) is 4.90 Å². The fourth-order valence-corrected chi connectivity index (χ4v) is 2.13. The van der Waals surface area contributed by atoms with Crippen LogP contribution in [0, 0.1) is 0 Å². The summed E-state index contributed by atoms with van der Waals surface area (Å²) in [7, 11) is 3.15. The maximum Gasteiger partial charge on any atom is 0.247 e. The summed E-state index contributed by atoms with van der Waals surface area (Å²) in [6, 6.07) is 0.482. The van der Waals surface area contributed by atoms with Crippen LogP contribution < -0.4 is 0 Å². The number of rotatable bonds is 7. The number of likely N-dealkylation sites (tertiary alicyclic amines) is 1. The fraction of sp³-hybridized carbons (Fsp3) is 0.917. The summed E-state index contributed by atoms with van der Waals surface area (Å²) >= 11 is 0. The SMILES string of the molecule is CCOC[C@H]1CCCN1CCC(=O)N(C)OC. The van der Waals surface area contributed by atoms with Gasteiger partial charge in [0.25, 0.3) is 0 Å². The van der Waals surface area contributed by atoms with Crippen LogP contribution in [0.5, 0.6) is 0 Å². The van der Waals surface area contributed by atoms with Crippen molar-refractivity contribution in [3.63, 3.8) is 0 Å². The quantitative estimate of drug-likeness (QED) is 0.624. The highest BCUT2D eigenvalue weighted by atomic mass is 16.7. The Labute approximate surface area is 104 Å². The Morgan fingerprint density at radius 1 is 1.53 bits per heavy atom. The largest absolute Gasteiger partial charge is 0.380 e. The van der Waals surface area contributed by atoms with Crippen molar-refractivity contribution in [2.24, 2.45) is 0 Å². The zero-order chi connectivity index (χ0) is 12.7. The van der Waals surface area contributed by atoms with Gasteiger partial charge in [-0.2, -0.15) is 0 Å². The van der Waals surface area contributed by atoms with Gasteiger partial charge in [0.05, 0.1) is 13.7 Å². The predicted octanol–water partition coefficient (Wildman–Crippen LogP) is 0.897. The van der Waals surface area contributed by atoms with E-state index in [0.717, 1.165) is 26.3 Å². The maximum atomic E-state index is 11.6. The molecule has 0 radical (unpaired) electrons. The average molecular weight is 244 g/mol. The Morgan fingerprint density at radius 2 is 2.29 bits per heavy atom. The minimum absolute atomic E-state index is 0.0227. The lowest BCUT2D eigenvalue weighted by atomic mass is 10.2.